The maximum atomic E-state index is 12.5. The van der Waals surface area contributed by atoms with E-state index in [-0.39, 0.29) is 12.4 Å². The number of nitrogens with zero attached hydrogens (tertiary/aromatic N) is 1. The van der Waals surface area contributed by atoms with E-state index in [9.17, 15) is 9.59 Å². The number of rotatable bonds is 5. The van der Waals surface area contributed by atoms with E-state index in [0.717, 1.165) is 11.4 Å². The monoisotopic (exact) mass is 377 g/mol. The minimum atomic E-state index is -0.550. The predicted octanol–water partition coefficient (Wildman–Crippen LogP) is 4.53. The van der Waals surface area contributed by atoms with Crippen molar-refractivity contribution < 1.29 is 19.1 Å². The van der Waals surface area contributed by atoms with Crippen LogP contribution in [0, 0.1) is 19.3 Å². The lowest BCUT2D eigenvalue weighted by Gasteiger charge is -2.16. The Bertz CT molecular complexity index is 846. The molecule has 1 heterocycles. The van der Waals surface area contributed by atoms with Gasteiger partial charge < -0.3 is 14.0 Å². The lowest BCUT2D eigenvalue weighted by atomic mass is 9.91. The number of hydrogen-bond acceptors (Lipinski definition) is 4. The first-order valence-corrected chi connectivity index (χ1v) is 8.67. The summed E-state index contributed by atoms with van der Waals surface area (Å²) >= 11 is 6.13. The van der Waals surface area contributed by atoms with E-state index < -0.39 is 11.4 Å². The van der Waals surface area contributed by atoms with Crippen molar-refractivity contribution in [1.29, 1.82) is 0 Å². The quantitative estimate of drug-likeness (QED) is 0.718. The van der Waals surface area contributed by atoms with Crippen molar-refractivity contribution in [3.05, 3.63) is 46.2 Å². The zero-order valence-electron chi connectivity index (χ0n) is 16.0. The van der Waals surface area contributed by atoms with Crippen molar-refractivity contribution in [2.45, 2.75) is 34.6 Å². The van der Waals surface area contributed by atoms with E-state index in [1.54, 1.807) is 52.1 Å². The van der Waals surface area contributed by atoms with Crippen LogP contribution in [0.2, 0.25) is 5.02 Å². The third-order valence-electron chi connectivity index (χ3n) is 4.20. The summed E-state index contributed by atoms with van der Waals surface area (Å²) < 4.78 is 12.5. The minimum Gasteiger partial charge on any atom is -0.495 e. The van der Waals surface area contributed by atoms with Crippen LogP contribution in [0.4, 0.5) is 0 Å². The molecule has 0 aliphatic carbocycles. The number of esters is 1. The summed E-state index contributed by atoms with van der Waals surface area (Å²) in [6.07, 6.45) is 0. The molecule has 0 radical (unpaired) electrons. The molecule has 2 rings (SSSR count). The SMILES string of the molecule is COc1ccc(Cl)cc1-n1c(C)cc(C(=O)OCC(=O)C(C)(C)C)c1C. The molecule has 0 unspecified atom stereocenters. The van der Waals surface area contributed by atoms with Gasteiger partial charge in [0, 0.05) is 21.8 Å². The molecule has 0 bridgehead atoms. The van der Waals surface area contributed by atoms with Crippen molar-refractivity contribution in [2.24, 2.45) is 5.41 Å². The van der Waals surface area contributed by atoms with Gasteiger partial charge in [-0.3, -0.25) is 4.79 Å². The van der Waals surface area contributed by atoms with Crippen molar-refractivity contribution in [3.63, 3.8) is 0 Å². The molecule has 1 aromatic heterocycles. The molecule has 140 valence electrons. The second kappa shape index (κ2) is 7.54. The molecule has 0 atom stereocenters. The van der Waals surface area contributed by atoms with Crippen molar-refractivity contribution in [3.8, 4) is 11.4 Å². The molecule has 6 heteroatoms. The predicted molar refractivity (Wildman–Crippen MR) is 102 cm³/mol. The van der Waals surface area contributed by atoms with Crippen LogP contribution in [-0.4, -0.2) is 30.0 Å². The van der Waals surface area contributed by atoms with E-state index >= 15 is 0 Å². The number of aromatic nitrogens is 1. The summed E-state index contributed by atoms with van der Waals surface area (Å²) in [5.41, 5.74) is 2.12. The molecule has 0 amide bonds. The third kappa shape index (κ3) is 4.10. The lowest BCUT2D eigenvalue weighted by molar-refractivity contribution is -0.129. The first-order chi connectivity index (χ1) is 12.1. The topological polar surface area (TPSA) is 57.5 Å². The molecule has 5 nitrogen and oxygen atoms in total. The Balaban J connectivity index is 2.35. The molecule has 0 saturated carbocycles. The molecule has 0 aliphatic heterocycles. The summed E-state index contributed by atoms with van der Waals surface area (Å²) in [5.74, 6) is -0.0156. The minimum absolute atomic E-state index is 0.129. The maximum absolute atomic E-state index is 12.5. The lowest BCUT2D eigenvalue weighted by Crippen LogP contribution is -2.26. The van der Waals surface area contributed by atoms with Gasteiger partial charge in [-0.15, -0.1) is 0 Å². The van der Waals surface area contributed by atoms with Gasteiger partial charge in [-0.05, 0) is 38.1 Å². The smallest absolute Gasteiger partial charge is 0.340 e. The van der Waals surface area contributed by atoms with Crippen LogP contribution in [0.25, 0.3) is 5.69 Å². The van der Waals surface area contributed by atoms with Crippen LogP contribution in [0.3, 0.4) is 0 Å². The first kappa shape index (κ1) is 20.0. The Hall–Kier alpha value is -2.27. The Morgan fingerprint density at radius 3 is 2.38 bits per heavy atom. The van der Waals surface area contributed by atoms with Crippen LogP contribution < -0.4 is 4.74 Å². The van der Waals surface area contributed by atoms with Gasteiger partial charge in [-0.1, -0.05) is 32.4 Å². The Morgan fingerprint density at radius 2 is 1.81 bits per heavy atom. The fourth-order valence-corrected chi connectivity index (χ4v) is 2.77. The Labute approximate surface area is 158 Å². The largest absolute Gasteiger partial charge is 0.495 e. The van der Waals surface area contributed by atoms with Crippen LogP contribution >= 0.6 is 11.6 Å². The molecular weight excluding hydrogens is 354 g/mol. The molecule has 0 N–H and O–H groups in total. The summed E-state index contributed by atoms with van der Waals surface area (Å²) in [5, 5.41) is 0.563. The van der Waals surface area contributed by atoms with Crippen LogP contribution in [0.1, 0.15) is 42.5 Å². The number of ketones is 1. The summed E-state index contributed by atoms with van der Waals surface area (Å²) in [6.45, 7) is 8.83. The number of hydrogen-bond donors (Lipinski definition) is 0. The second-order valence-electron chi connectivity index (χ2n) is 7.19. The van der Waals surface area contributed by atoms with Gasteiger partial charge in [0.1, 0.15) is 5.75 Å². The zero-order valence-corrected chi connectivity index (χ0v) is 16.7. The van der Waals surface area contributed by atoms with E-state index in [1.807, 2.05) is 18.4 Å². The van der Waals surface area contributed by atoms with Gasteiger partial charge in [-0.2, -0.15) is 0 Å². The number of Topliss-reactive ketones (excluding diaryl/α,β-unsaturated/α-hetero) is 1. The van der Waals surface area contributed by atoms with Crippen molar-refractivity contribution in [2.75, 3.05) is 13.7 Å². The molecule has 1 aromatic carbocycles. The molecule has 0 aliphatic rings. The highest BCUT2D eigenvalue weighted by Gasteiger charge is 2.25. The number of halogens is 1. The number of carbonyl (C=O) groups excluding carboxylic acids is 2. The van der Waals surface area contributed by atoms with Gasteiger partial charge in [0.05, 0.1) is 18.4 Å². The van der Waals surface area contributed by atoms with E-state index in [0.29, 0.717) is 22.0 Å². The highest BCUT2D eigenvalue weighted by Crippen LogP contribution is 2.31. The fourth-order valence-electron chi connectivity index (χ4n) is 2.60. The van der Waals surface area contributed by atoms with Crippen LogP contribution in [-0.2, 0) is 9.53 Å². The molecular formula is C20H24ClNO4. The van der Waals surface area contributed by atoms with Crippen molar-refractivity contribution >= 4 is 23.4 Å². The summed E-state index contributed by atoms with van der Waals surface area (Å²) in [7, 11) is 1.58. The van der Waals surface area contributed by atoms with E-state index in [1.165, 1.54) is 0 Å². The standard InChI is InChI=1S/C20H24ClNO4/c1-12-9-15(19(24)26-11-18(23)20(3,4)5)13(2)22(12)16-10-14(21)7-8-17(16)25-6/h7-10H,11H2,1-6H3. The molecule has 26 heavy (non-hydrogen) atoms. The van der Waals surface area contributed by atoms with Gasteiger partial charge >= 0.3 is 5.97 Å². The Kier molecular flexibility index (Phi) is 5.81. The average molecular weight is 378 g/mol. The fraction of sp³-hybridized carbons (Fsp3) is 0.400. The van der Waals surface area contributed by atoms with Crippen LogP contribution in [0.15, 0.2) is 24.3 Å². The molecule has 0 fully saturated rings. The van der Waals surface area contributed by atoms with Crippen LogP contribution in [0.5, 0.6) is 5.75 Å². The van der Waals surface area contributed by atoms with Gasteiger partial charge in [0.2, 0.25) is 0 Å². The summed E-state index contributed by atoms with van der Waals surface area (Å²) in [4.78, 5) is 24.5. The summed E-state index contributed by atoms with van der Waals surface area (Å²) in [6, 6.07) is 7.03. The molecule has 2 aromatic rings. The number of carbonyl (C=O) groups is 2. The van der Waals surface area contributed by atoms with E-state index in [4.69, 9.17) is 21.1 Å². The highest BCUT2D eigenvalue weighted by atomic mass is 35.5. The third-order valence-corrected chi connectivity index (χ3v) is 4.44. The van der Waals surface area contributed by atoms with Gasteiger partial charge in [-0.25, -0.2) is 4.79 Å². The average Bonchev–Trinajstić information content (AvgIpc) is 2.85. The van der Waals surface area contributed by atoms with E-state index in [2.05, 4.69) is 0 Å². The maximum Gasteiger partial charge on any atom is 0.340 e. The number of benzene rings is 1. The zero-order chi connectivity index (χ0) is 19.6. The normalized spacial score (nSPS) is 11.3. The Morgan fingerprint density at radius 1 is 1.15 bits per heavy atom. The second-order valence-corrected chi connectivity index (χ2v) is 7.62. The number of methoxy groups -OCH3 is 1. The van der Waals surface area contributed by atoms with Gasteiger partial charge in [0.25, 0.3) is 0 Å². The van der Waals surface area contributed by atoms with Crippen molar-refractivity contribution in [1.82, 2.24) is 4.57 Å². The first-order valence-electron chi connectivity index (χ1n) is 8.29. The highest BCUT2D eigenvalue weighted by molar-refractivity contribution is 6.30. The van der Waals surface area contributed by atoms with Gasteiger partial charge in [0.15, 0.2) is 12.4 Å². The molecule has 0 spiro atoms. The molecule has 0 saturated heterocycles. The number of ether oxygens (including phenoxy) is 2. The number of aryl methyl sites for hydroxylation is 1.